The van der Waals surface area contributed by atoms with E-state index in [-0.39, 0.29) is 11.1 Å². The highest BCUT2D eigenvalue weighted by atomic mass is 32.2. The van der Waals surface area contributed by atoms with Crippen molar-refractivity contribution in [1.29, 1.82) is 0 Å². The molecule has 1 aliphatic rings. The van der Waals surface area contributed by atoms with Gasteiger partial charge in [0.2, 0.25) is 0 Å². The molecule has 1 saturated heterocycles. The summed E-state index contributed by atoms with van der Waals surface area (Å²) in [5.74, 6) is 2.97. The quantitative estimate of drug-likeness (QED) is 0.897. The highest BCUT2D eigenvalue weighted by molar-refractivity contribution is 8.06. The van der Waals surface area contributed by atoms with Crippen LogP contribution in [0.25, 0.3) is 0 Å². The molecule has 94 valence electrons. The van der Waals surface area contributed by atoms with Crippen LogP contribution in [0.2, 0.25) is 0 Å². The molecule has 2 heterocycles. The van der Waals surface area contributed by atoms with Crippen LogP contribution < -0.4 is 5.32 Å². The lowest BCUT2D eigenvalue weighted by Gasteiger charge is -2.27. The molecule has 0 aromatic carbocycles. The molecule has 3 nitrogen and oxygen atoms in total. The molecular formula is C11H16FN3S2. The van der Waals surface area contributed by atoms with Crippen molar-refractivity contribution in [3.05, 3.63) is 17.3 Å². The summed E-state index contributed by atoms with van der Waals surface area (Å²) in [6.07, 6.45) is 0. The molecule has 0 aliphatic carbocycles. The van der Waals surface area contributed by atoms with Gasteiger partial charge < -0.3 is 5.32 Å². The Bertz CT molecular complexity index is 414. The molecule has 1 aromatic heterocycles. The molecule has 17 heavy (non-hydrogen) atoms. The first-order chi connectivity index (χ1) is 8.13. The molecule has 2 unspecified atom stereocenters. The molecule has 2 atom stereocenters. The van der Waals surface area contributed by atoms with Crippen molar-refractivity contribution >= 4 is 29.3 Å². The van der Waals surface area contributed by atoms with Gasteiger partial charge in [-0.2, -0.15) is 11.8 Å². The van der Waals surface area contributed by atoms with Crippen LogP contribution in [0.1, 0.15) is 23.7 Å². The van der Waals surface area contributed by atoms with E-state index in [0.29, 0.717) is 16.8 Å². The van der Waals surface area contributed by atoms with E-state index in [1.807, 2.05) is 23.5 Å². The van der Waals surface area contributed by atoms with Crippen LogP contribution in [0.3, 0.4) is 0 Å². The number of aromatic nitrogens is 2. The second-order valence-electron chi connectivity index (χ2n) is 3.95. The van der Waals surface area contributed by atoms with Crippen LogP contribution >= 0.6 is 23.5 Å². The third-order valence-electron chi connectivity index (χ3n) is 2.71. The van der Waals surface area contributed by atoms with Crippen molar-refractivity contribution in [2.24, 2.45) is 0 Å². The van der Waals surface area contributed by atoms with Crippen molar-refractivity contribution in [2.75, 3.05) is 23.9 Å². The van der Waals surface area contributed by atoms with Crippen molar-refractivity contribution in [1.82, 2.24) is 9.97 Å². The van der Waals surface area contributed by atoms with E-state index < -0.39 is 0 Å². The number of nitrogens with one attached hydrogen (secondary N) is 1. The van der Waals surface area contributed by atoms with Crippen molar-refractivity contribution in [3.8, 4) is 0 Å². The topological polar surface area (TPSA) is 37.8 Å². The second kappa shape index (κ2) is 5.44. The predicted molar refractivity (Wildman–Crippen MR) is 73.4 cm³/mol. The van der Waals surface area contributed by atoms with E-state index in [1.54, 1.807) is 14.0 Å². The van der Waals surface area contributed by atoms with Crippen LogP contribution in [0.4, 0.5) is 10.2 Å². The summed E-state index contributed by atoms with van der Waals surface area (Å²) in [7, 11) is 1.68. The zero-order valence-corrected chi connectivity index (χ0v) is 11.8. The van der Waals surface area contributed by atoms with Crippen LogP contribution in [-0.4, -0.2) is 33.8 Å². The number of nitrogens with zero attached hydrogens (tertiary/aromatic N) is 2. The Morgan fingerprint density at radius 3 is 2.65 bits per heavy atom. The fourth-order valence-electron chi connectivity index (χ4n) is 1.79. The fourth-order valence-corrected chi connectivity index (χ4v) is 4.48. The minimum atomic E-state index is -0.350. The van der Waals surface area contributed by atoms with Gasteiger partial charge in [-0.15, -0.1) is 11.8 Å². The lowest BCUT2D eigenvalue weighted by atomic mass is 10.3. The van der Waals surface area contributed by atoms with Crippen LogP contribution in [0, 0.1) is 12.7 Å². The summed E-state index contributed by atoms with van der Waals surface area (Å²) in [4.78, 5) is 8.59. The molecule has 2 rings (SSSR count). The largest absolute Gasteiger partial charge is 0.371 e. The first kappa shape index (κ1) is 13.0. The number of hydrogen-bond acceptors (Lipinski definition) is 5. The third-order valence-corrected chi connectivity index (χ3v) is 5.80. The van der Waals surface area contributed by atoms with Crippen molar-refractivity contribution in [3.63, 3.8) is 0 Å². The number of hydrogen-bond donors (Lipinski definition) is 1. The highest BCUT2D eigenvalue weighted by Gasteiger charge is 2.27. The molecule has 1 fully saturated rings. The third kappa shape index (κ3) is 2.68. The number of rotatable bonds is 2. The van der Waals surface area contributed by atoms with Gasteiger partial charge in [-0.1, -0.05) is 6.92 Å². The Morgan fingerprint density at radius 1 is 1.29 bits per heavy atom. The van der Waals surface area contributed by atoms with Gasteiger partial charge in [0.25, 0.3) is 0 Å². The lowest BCUT2D eigenvalue weighted by Crippen LogP contribution is -2.19. The first-order valence-electron chi connectivity index (χ1n) is 5.58. The van der Waals surface area contributed by atoms with E-state index in [1.165, 1.54) is 5.75 Å². The van der Waals surface area contributed by atoms with Gasteiger partial charge >= 0.3 is 0 Å². The van der Waals surface area contributed by atoms with E-state index in [4.69, 9.17) is 0 Å². The van der Waals surface area contributed by atoms with E-state index in [9.17, 15) is 4.39 Å². The SMILES string of the molecule is CNc1nc(C2SCCSC2C)nc(C)c1F. The highest BCUT2D eigenvalue weighted by Crippen LogP contribution is 2.41. The minimum absolute atomic E-state index is 0.264. The zero-order valence-electron chi connectivity index (χ0n) is 10.2. The summed E-state index contributed by atoms with van der Waals surface area (Å²) in [5, 5.41) is 3.53. The molecule has 0 radical (unpaired) electrons. The Morgan fingerprint density at radius 2 is 2.00 bits per heavy atom. The Kier molecular flexibility index (Phi) is 4.14. The smallest absolute Gasteiger partial charge is 0.186 e. The average molecular weight is 273 g/mol. The van der Waals surface area contributed by atoms with Gasteiger partial charge in [0.05, 0.1) is 10.9 Å². The minimum Gasteiger partial charge on any atom is -0.371 e. The van der Waals surface area contributed by atoms with Crippen LogP contribution in [-0.2, 0) is 0 Å². The van der Waals surface area contributed by atoms with E-state index in [2.05, 4.69) is 22.2 Å². The van der Waals surface area contributed by atoms with Gasteiger partial charge in [0.1, 0.15) is 5.82 Å². The monoisotopic (exact) mass is 273 g/mol. The van der Waals surface area contributed by atoms with Gasteiger partial charge in [0.15, 0.2) is 11.6 Å². The molecule has 0 bridgehead atoms. The molecule has 0 saturated carbocycles. The normalized spacial score (nSPS) is 24.7. The summed E-state index contributed by atoms with van der Waals surface area (Å²) in [6, 6.07) is 0. The molecule has 1 aliphatic heterocycles. The van der Waals surface area contributed by atoms with Gasteiger partial charge in [-0.3, -0.25) is 0 Å². The molecule has 1 N–H and O–H groups in total. The fraction of sp³-hybridized carbons (Fsp3) is 0.636. The maximum atomic E-state index is 13.6. The van der Waals surface area contributed by atoms with Crippen molar-refractivity contribution < 1.29 is 4.39 Å². The van der Waals surface area contributed by atoms with E-state index in [0.717, 1.165) is 11.6 Å². The molecule has 6 heteroatoms. The van der Waals surface area contributed by atoms with Gasteiger partial charge in [-0.05, 0) is 6.92 Å². The summed E-state index contributed by atoms with van der Waals surface area (Å²) >= 11 is 3.79. The van der Waals surface area contributed by atoms with Gasteiger partial charge in [-0.25, -0.2) is 14.4 Å². The lowest BCUT2D eigenvalue weighted by molar-refractivity contribution is 0.599. The molecular weight excluding hydrogens is 257 g/mol. The Hall–Kier alpha value is -0.490. The van der Waals surface area contributed by atoms with Crippen LogP contribution in [0.5, 0.6) is 0 Å². The number of aryl methyl sites for hydroxylation is 1. The molecule has 0 amide bonds. The Balaban J connectivity index is 2.34. The van der Waals surface area contributed by atoms with Gasteiger partial charge in [0, 0.05) is 23.8 Å². The summed E-state index contributed by atoms with van der Waals surface area (Å²) < 4.78 is 13.6. The number of thioether (sulfide) groups is 2. The standard InChI is InChI=1S/C11H16FN3S2/c1-6-8(12)10(13-3)15-11(14-6)9-7(2)16-4-5-17-9/h7,9H,4-5H2,1-3H3,(H,13,14,15). The zero-order chi connectivity index (χ0) is 12.4. The first-order valence-corrected chi connectivity index (χ1v) is 7.68. The molecule has 0 spiro atoms. The summed E-state index contributed by atoms with van der Waals surface area (Å²) in [5.41, 5.74) is 0.419. The summed E-state index contributed by atoms with van der Waals surface area (Å²) in [6.45, 7) is 3.87. The predicted octanol–water partition coefficient (Wildman–Crippen LogP) is 2.88. The van der Waals surface area contributed by atoms with Crippen molar-refractivity contribution in [2.45, 2.75) is 24.3 Å². The maximum absolute atomic E-state index is 13.6. The van der Waals surface area contributed by atoms with E-state index >= 15 is 0 Å². The number of halogens is 1. The molecule has 1 aromatic rings. The maximum Gasteiger partial charge on any atom is 0.186 e. The van der Waals surface area contributed by atoms with Crippen LogP contribution in [0.15, 0.2) is 0 Å². The Labute approximate surface area is 109 Å². The number of anilines is 1. The second-order valence-corrected chi connectivity index (χ2v) is 6.68. The average Bonchev–Trinajstić information content (AvgIpc) is 2.33.